The lowest BCUT2D eigenvalue weighted by atomic mass is 10.1. The van der Waals surface area contributed by atoms with Gasteiger partial charge in [0.25, 0.3) is 5.91 Å². The molecule has 5 nitrogen and oxygen atoms in total. The fourth-order valence-electron chi connectivity index (χ4n) is 3.13. The van der Waals surface area contributed by atoms with E-state index in [4.69, 9.17) is 21.7 Å². The fraction of sp³-hybridized carbons (Fsp3) is 0.292. The van der Waals surface area contributed by atoms with Crippen LogP contribution in [0.1, 0.15) is 43.9 Å². The maximum absolute atomic E-state index is 13.2. The van der Waals surface area contributed by atoms with E-state index in [2.05, 4.69) is 6.92 Å². The predicted molar refractivity (Wildman–Crippen MR) is 128 cm³/mol. The van der Waals surface area contributed by atoms with Crippen LogP contribution in [0.4, 0.5) is 0 Å². The summed E-state index contributed by atoms with van der Waals surface area (Å²) in [5, 5.41) is 0. The molecule has 1 saturated heterocycles. The maximum Gasteiger partial charge on any atom is 0.333 e. The Morgan fingerprint density at radius 3 is 2.65 bits per heavy atom. The van der Waals surface area contributed by atoms with E-state index in [1.807, 2.05) is 42.5 Å². The second-order valence-electron chi connectivity index (χ2n) is 6.89. The fourth-order valence-corrected chi connectivity index (χ4v) is 4.44. The number of amides is 1. The van der Waals surface area contributed by atoms with Crippen LogP contribution in [0.5, 0.6) is 5.75 Å². The molecule has 2 aromatic rings. The van der Waals surface area contributed by atoms with Crippen molar-refractivity contribution in [3.8, 4) is 5.75 Å². The SMILES string of the molecule is CCCCOc1cccc(/C=C2/SC(=S)N(C(C(=O)OCC)c3ccccc3)C2=O)c1. The standard InChI is InChI=1S/C24H25NO4S2/c1-3-5-14-29-19-13-9-10-17(15-19)16-20-22(26)25(24(30)31-20)21(23(27)28-4-2)18-11-7-6-8-12-18/h6-13,15-16,21H,3-5,14H2,1-2H3/b20-16+. The van der Waals surface area contributed by atoms with E-state index >= 15 is 0 Å². The van der Waals surface area contributed by atoms with Gasteiger partial charge in [0.1, 0.15) is 10.1 Å². The lowest BCUT2D eigenvalue weighted by molar-refractivity contribution is -0.151. The number of carbonyl (C=O) groups is 2. The molecule has 0 aromatic heterocycles. The molecule has 0 N–H and O–H groups in total. The summed E-state index contributed by atoms with van der Waals surface area (Å²) in [5.74, 6) is -0.0573. The average Bonchev–Trinajstić information content (AvgIpc) is 3.03. The van der Waals surface area contributed by atoms with Crippen LogP contribution in [0.3, 0.4) is 0 Å². The van der Waals surface area contributed by atoms with Crippen LogP contribution in [-0.2, 0) is 14.3 Å². The summed E-state index contributed by atoms with van der Waals surface area (Å²) in [5.41, 5.74) is 1.49. The molecule has 1 amide bonds. The summed E-state index contributed by atoms with van der Waals surface area (Å²) in [6, 6.07) is 15.7. The largest absolute Gasteiger partial charge is 0.494 e. The van der Waals surface area contributed by atoms with E-state index in [-0.39, 0.29) is 12.5 Å². The van der Waals surface area contributed by atoms with Gasteiger partial charge in [-0.05, 0) is 42.7 Å². The van der Waals surface area contributed by atoms with Gasteiger partial charge in [0.15, 0.2) is 6.04 Å². The van der Waals surface area contributed by atoms with Crippen LogP contribution in [0.2, 0.25) is 0 Å². The molecule has 0 radical (unpaired) electrons. The van der Waals surface area contributed by atoms with Crippen LogP contribution in [0.15, 0.2) is 59.5 Å². The highest BCUT2D eigenvalue weighted by molar-refractivity contribution is 8.26. The van der Waals surface area contributed by atoms with E-state index in [9.17, 15) is 9.59 Å². The lowest BCUT2D eigenvalue weighted by Crippen LogP contribution is -2.38. The minimum Gasteiger partial charge on any atom is -0.494 e. The van der Waals surface area contributed by atoms with Crippen molar-refractivity contribution in [3.05, 3.63) is 70.6 Å². The monoisotopic (exact) mass is 455 g/mol. The first-order valence-corrected chi connectivity index (χ1v) is 11.5. The van der Waals surface area contributed by atoms with Crippen molar-refractivity contribution >= 4 is 46.3 Å². The molecule has 1 fully saturated rings. The smallest absolute Gasteiger partial charge is 0.333 e. The highest BCUT2D eigenvalue weighted by Crippen LogP contribution is 2.39. The molecular weight excluding hydrogens is 430 g/mol. The molecule has 3 rings (SSSR count). The zero-order valence-electron chi connectivity index (χ0n) is 17.6. The number of carbonyl (C=O) groups excluding carboxylic acids is 2. The third kappa shape index (κ3) is 5.74. The lowest BCUT2D eigenvalue weighted by Gasteiger charge is -2.25. The van der Waals surface area contributed by atoms with Crippen molar-refractivity contribution in [1.29, 1.82) is 0 Å². The molecule has 1 heterocycles. The van der Waals surface area contributed by atoms with Gasteiger partial charge >= 0.3 is 5.97 Å². The number of rotatable bonds is 9. The second kappa shape index (κ2) is 11.1. The van der Waals surface area contributed by atoms with Crippen LogP contribution in [0.25, 0.3) is 6.08 Å². The number of hydrogen-bond acceptors (Lipinski definition) is 6. The van der Waals surface area contributed by atoms with Crippen molar-refractivity contribution in [2.24, 2.45) is 0 Å². The first-order chi connectivity index (χ1) is 15.0. The highest BCUT2D eigenvalue weighted by Gasteiger charge is 2.42. The Labute approximate surface area is 192 Å². The van der Waals surface area contributed by atoms with Crippen LogP contribution in [-0.4, -0.2) is 34.3 Å². The molecule has 31 heavy (non-hydrogen) atoms. The molecule has 7 heteroatoms. The van der Waals surface area contributed by atoms with Crippen LogP contribution < -0.4 is 4.74 Å². The van der Waals surface area contributed by atoms with Gasteiger partial charge in [-0.1, -0.05) is 79.8 Å². The average molecular weight is 456 g/mol. The van der Waals surface area contributed by atoms with Gasteiger partial charge in [0, 0.05) is 0 Å². The van der Waals surface area contributed by atoms with Gasteiger partial charge in [-0.25, -0.2) is 4.79 Å². The minimum atomic E-state index is -0.914. The van der Waals surface area contributed by atoms with Crippen molar-refractivity contribution < 1.29 is 19.1 Å². The van der Waals surface area contributed by atoms with Crippen molar-refractivity contribution in [2.45, 2.75) is 32.7 Å². The highest BCUT2D eigenvalue weighted by atomic mass is 32.2. The first-order valence-electron chi connectivity index (χ1n) is 10.3. The summed E-state index contributed by atoms with van der Waals surface area (Å²) in [6.45, 7) is 4.72. The third-order valence-electron chi connectivity index (χ3n) is 4.63. The molecular formula is C24H25NO4S2. The van der Waals surface area contributed by atoms with Gasteiger partial charge in [-0.2, -0.15) is 0 Å². The number of thioether (sulfide) groups is 1. The number of hydrogen-bond donors (Lipinski definition) is 0. The topological polar surface area (TPSA) is 55.8 Å². The number of nitrogens with zero attached hydrogens (tertiary/aromatic N) is 1. The van der Waals surface area contributed by atoms with Gasteiger partial charge in [0.05, 0.1) is 18.1 Å². The summed E-state index contributed by atoms with van der Waals surface area (Å²) >= 11 is 6.66. The number of ether oxygens (including phenoxy) is 2. The number of benzene rings is 2. The van der Waals surface area contributed by atoms with E-state index in [1.165, 1.54) is 16.7 Å². The molecule has 1 atom stereocenters. The summed E-state index contributed by atoms with van der Waals surface area (Å²) in [7, 11) is 0. The molecule has 1 unspecified atom stereocenters. The maximum atomic E-state index is 13.2. The molecule has 1 aliphatic heterocycles. The summed E-state index contributed by atoms with van der Waals surface area (Å²) in [4.78, 5) is 27.8. The Balaban J connectivity index is 1.87. The Bertz CT molecular complexity index is 975. The molecule has 162 valence electrons. The third-order valence-corrected chi connectivity index (χ3v) is 5.96. The molecule has 0 aliphatic carbocycles. The minimum absolute atomic E-state index is 0.220. The Morgan fingerprint density at radius 1 is 1.16 bits per heavy atom. The van der Waals surface area contributed by atoms with E-state index < -0.39 is 12.0 Å². The molecule has 2 aromatic carbocycles. The van der Waals surface area contributed by atoms with Crippen molar-refractivity contribution in [2.75, 3.05) is 13.2 Å². The Kier molecular flexibility index (Phi) is 8.26. The first kappa shape index (κ1) is 23.0. The summed E-state index contributed by atoms with van der Waals surface area (Å²) < 4.78 is 11.3. The van der Waals surface area contributed by atoms with Crippen LogP contribution in [0, 0.1) is 0 Å². The molecule has 0 bridgehead atoms. The van der Waals surface area contributed by atoms with E-state index in [0.29, 0.717) is 21.4 Å². The normalized spacial score (nSPS) is 15.9. The van der Waals surface area contributed by atoms with Gasteiger partial charge in [-0.15, -0.1) is 0 Å². The quantitative estimate of drug-likeness (QED) is 0.219. The van der Waals surface area contributed by atoms with Gasteiger partial charge in [0.2, 0.25) is 0 Å². The van der Waals surface area contributed by atoms with Crippen LogP contribution >= 0.6 is 24.0 Å². The predicted octanol–water partition coefficient (Wildman–Crippen LogP) is 5.37. The van der Waals surface area contributed by atoms with Crippen molar-refractivity contribution in [3.63, 3.8) is 0 Å². The zero-order valence-corrected chi connectivity index (χ0v) is 19.2. The molecule has 1 aliphatic rings. The number of unbranched alkanes of at least 4 members (excludes halogenated alkanes) is 1. The Morgan fingerprint density at radius 2 is 1.94 bits per heavy atom. The molecule has 0 saturated carbocycles. The second-order valence-corrected chi connectivity index (χ2v) is 8.57. The van der Waals surface area contributed by atoms with Gasteiger partial charge in [-0.3, -0.25) is 9.69 Å². The van der Waals surface area contributed by atoms with E-state index in [1.54, 1.807) is 25.1 Å². The Hall–Kier alpha value is -2.64. The molecule has 0 spiro atoms. The van der Waals surface area contributed by atoms with E-state index in [0.717, 1.165) is 24.2 Å². The van der Waals surface area contributed by atoms with Gasteiger partial charge < -0.3 is 9.47 Å². The zero-order chi connectivity index (χ0) is 22.2. The number of thiocarbonyl (C=S) groups is 1. The number of esters is 1. The summed E-state index contributed by atoms with van der Waals surface area (Å²) in [6.07, 6.45) is 3.82. The van der Waals surface area contributed by atoms with Crippen molar-refractivity contribution in [1.82, 2.24) is 4.90 Å².